The minimum absolute atomic E-state index is 0. The molecule has 0 unspecified atom stereocenters. The normalized spacial score (nSPS) is 12.0. The largest absolute Gasteiger partial charge is 0.337 e. The third kappa shape index (κ3) is 110. The van der Waals surface area contributed by atoms with Crippen molar-refractivity contribution >= 4 is 179 Å². The van der Waals surface area contributed by atoms with E-state index in [1.165, 1.54) is 0 Å². The van der Waals surface area contributed by atoms with Crippen LogP contribution in [0.5, 0.6) is 0 Å². The zero-order chi connectivity index (χ0) is 34.2. The second-order valence-electron chi connectivity index (χ2n) is 6.46. The van der Waals surface area contributed by atoms with Crippen molar-refractivity contribution in [3.8, 4) is 0 Å². The molecule has 0 amide bonds. The summed E-state index contributed by atoms with van der Waals surface area (Å²) >= 11 is 0. The second-order valence-corrected chi connectivity index (χ2v) is 21.6. The van der Waals surface area contributed by atoms with E-state index in [4.69, 9.17) is 89.8 Å². The molecule has 0 aromatic carbocycles. The Morgan fingerprint density at radius 1 is 0.273 bits per heavy atom. The molecule has 44 heavy (non-hydrogen) atoms. The van der Waals surface area contributed by atoms with E-state index in [2.05, 4.69) is 0 Å². The summed E-state index contributed by atoms with van der Waals surface area (Å²) in [6, 6.07) is 0. The molecule has 0 aromatic heterocycles. The molecule has 0 fully saturated rings. The number of nitrogens with two attached hydrogens (primary N) is 2. The van der Waals surface area contributed by atoms with E-state index in [1.807, 2.05) is 0 Å². The molecule has 0 aromatic rings. The van der Waals surface area contributed by atoms with Crippen molar-refractivity contribution in [1.82, 2.24) is 0 Å². The smallest absolute Gasteiger partial charge is 0.329 e. The first-order valence-corrected chi connectivity index (χ1v) is 22.9. The van der Waals surface area contributed by atoms with E-state index in [0.717, 1.165) is 0 Å². The number of hydrogen-bond donors (Lipinski definition) is 18. The van der Waals surface area contributed by atoms with Crippen molar-refractivity contribution in [3.63, 3.8) is 0 Å². The summed E-state index contributed by atoms with van der Waals surface area (Å²) in [4.78, 5) is 128. The first-order valence-electron chi connectivity index (χ1n) is 8.51. The van der Waals surface area contributed by atoms with Crippen LogP contribution >= 0.6 is 60.8 Å². The Hall–Kier alpha value is 5.12. The molecular weight excluding hydrogens is 824 g/mol. The fraction of sp³-hybridized carbons (Fsp3) is 1.00. The minimum atomic E-state index is -4.55. The summed E-state index contributed by atoms with van der Waals surface area (Å²) in [5.41, 5.74) is 9.81. The van der Waals surface area contributed by atoms with Crippen molar-refractivity contribution in [1.29, 1.82) is 0 Å². The molecule has 0 aliphatic rings. The molecule has 26 nitrogen and oxygen atoms in total. The van der Waals surface area contributed by atoms with Crippen molar-refractivity contribution in [3.05, 3.63) is 0 Å². The van der Waals surface area contributed by atoms with Crippen LogP contribution in [0.2, 0.25) is 0 Å². The van der Waals surface area contributed by atoms with Gasteiger partial charge in [-0.15, -0.1) is 0 Å². The summed E-state index contributed by atoms with van der Waals surface area (Å²) in [6.45, 7) is 1.19. The van der Waals surface area contributed by atoms with Crippen LogP contribution in [0.4, 0.5) is 0 Å². The SMILES string of the molecule is NCCN.O=P(O)(O)CP(=O)(O)O.O=P(O)(O)CP(=O)(O)O.O=P(O)(O)CP(=O)(O)O.O=P(O)(O)CP(=O)(O)O.[Na].[Na].[Na].[Na]. The van der Waals surface area contributed by atoms with E-state index in [1.54, 1.807) is 0 Å². The predicted octanol–water partition coefficient (Wildman–Crippen LogP) is -5.42. The minimum Gasteiger partial charge on any atom is -0.329 e. The number of hydrogen-bond acceptors (Lipinski definition) is 10. The van der Waals surface area contributed by atoms with Crippen LogP contribution in [0.25, 0.3) is 0 Å². The van der Waals surface area contributed by atoms with Gasteiger partial charge in [-0.1, -0.05) is 0 Å². The Balaban J connectivity index is -0.0000000495. The molecule has 0 aliphatic carbocycles. The summed E-state index contributed by atoms with van der Waals surface area (Å²) in [7, 11) is -36.4. The third-order valence-corrected chi connectivity index (χ3v) is 13.4. The van der Waals surface area contributed by atoms with Gasteiger partial charge in [-0.3, -0.25) is 36.5 Å². The van der Waals surface area contributed by atoms with Crippen LogP contribution in [0.15, 0.2) is 0 Å². The van der Waals surface area contributed by atoms with E-state index >= 15 is 0 Å². The van der Waals surface area contributed by atoms with Crippen LogP contribution in [0.1, 0.15) is 0 Å². The zero-order valence-corrected chi connectivity index (χ0v) is 38.6. The van der Waals surface area contributed by atoms with Gasteiger partial charge in [-0.2, -0.15) is 0 Å². The van der Waals surface area contributed by atoms with Gasteiger partial charge in [0.1, 0.15) is 0 Å². The molecular formula is C6H32N2Na4O24P8. The first kappa shape index (κ1) is 70.7. The van der Waals surface area contributed by atoms with Gasteiger partial charge >= 0.3 is 60.8 Å². The molecule has 20 N–H and O–H groups in total. The quantitative estimate of drug-likeness (QED) is 0.0760. The Morgan fingerprint density at radius 2 is 0.341 bits per heavy atom. The van der Waals surface area contributed by atoms with Crippen LogP contribution in [0, 0.1) is 0 Å². The maximum absolute atomic E-state index is 9.85. The average Bonchev–Trinajstić information content (AvgIpc) is 2.41. The second kappa shape index (κ2) is 30.6. The van der Waals surface area contributed by atoms with Crippen LogP contribution in [-0.4, -0.2) is 233 Å². The summed E-state index contributed by atoms with van der Waals surface area (Å²) in [5, 5.41) is 0. The van der Waals surface area contributed by atoms with Crippen molar-refractivity contribution in [2.75, 3.05) is 36.7 Å². The molecule has 0 heterocycles. The molecule has 0 aliphatic heterocycles. The van der Waals surface area contributed by atoms with E-state index in [0.29, 0.717) is 13.1 Å². The third-order valence-electron chi connectivity index (χ3n) is 1.64. The Kier molecular flexibility index (Phi) is 49.1. The fourth-order valence-electron chi connectivity index (χ4n) is 0.960. The van der Waals surface area contributed by atoms with E-state index in [9.17, 15) is 36.5 Å². The maximum atomic E-state index is 9.85. The van der Waals surface area contributed by atoms with Gasteiger partial charge < -0.3 is 89.8 Å². The predicted molar refractivity (Wildman–Crippen MR) is 157 cm³/mol. The van der Waals surface area contributed by atoms with E-state index in [-0.39, 0.29) is 118 Å². The molecule has 0 saturated carbocycles. The molecule has 0 rings (SSSR count). The standard InChI is InChI=1S/C2H8N2.4CH6O6P2.4Na/c3-1-2-4;4*2-8(3,4)1-9(5,6)7;;;;/h1-4H2;4*1H2,(H2,2,3,4)(H2,5,6,7);;;;. The van der Waals surface area contributed by atoms with Gasteiger partial charge in [0.05, 0.1) is 0 Å². The van der Waals surface area contributed by atoms with Gasteiger partial charge in [-0.25, -0.2) is 0 Å². The van der Waals surface area contributed by atoms with Crippen molar-refractivity contribution in [2.45, 2.75) is 0 Å². The zero-order valence-electron chi connectivity index (χ0n) is 23.4. The molecule has 0 bridgehead atoms. The van der Waals surface area contributed by atoms with Crippen LogP contribution in [-0.2, 0) is 36.5 Å². The average molecular weight is 856 g/mol. The first-order chi connectivity index (χ1) is 16.7. The van der Waals surface area contributed by atoms with Gasteiger partial charge in [0.15, 0.2) is 23.6 Å². The molecule has 4 radical (unpaired) electrons. The Morgan fingerprint density at radius 3 is 0.341 bits per heavy atom. The van der Waals surface area contributed by atoms with Crippen molar-refractivity contribution < 1.29 is 115 Å². The topological polar surface area (TPSA) is 512 Å². The molecule has 38 heteroatoms. The monoisotopic (exact) mass is 856 g/mol. The number of rotatable bonds is 9. The van der Waals surface area contributed by atoms with Gasteiger partial charge in [-0.05, 0) is 0 Å². The fourth-order valence-corrected chi connectivity index (χ4v) is 8.64. The molecule has 254 valence electrons. The van der Waals surface area contributed by atoms with Crippen LogP contribution < -0.4 is 11.5 Å². The van der Waals surface area contributed by atoms with Gasteiger partial charge in [0.25, 0.3) is 0 Å². The summed E-state index contributed by atoms with van der Waals surface area (Å²) in [5.74, 6) is -5.50. The molecule has 0 saturated heterocycles. The van der Waals surface area contributed by atoms with E-state index < -0.39 is 84.4 Å². The Labute approximate surface area is 337 Å². The summed E-state index contributed by atoms with van der Waals surface area (Å²) in [6.07, 6.45) is 0. The van der Waals surface area contributed by atoms with Gasteiger partial charge in [0.2, 0.25) is 0 Å². The van der Waals surface area contributed by atoms with Crippen LogP contribution in [0.3, 0.4) is 0 Å². The molecule has 0 spiro atoms. The van der Waals surface area contributed by atoms with Crippen molar-refractivity contribution in [2.24, 2.45) is 11.5 Å². The van der Waals surface area contributed by atoms with Gasteiger partial charge in [0, 0.05) is 131 Å². The molecule has 0 atom stereocenters. The maximum Gasteiger partial charge on any atom is 0.337 e. The summed E-state index contributed by atoms with van der Waals surface area (Å²) < 4.78 is 78.8. The Bertz CT molecular complexity index is 840.